The monoisotopic (exact) mass is 196 g/mol. The molecule has 0 aliphatic carbocycles. The van der Waals surface area contributed by atoms with Crippen molar-refractivity contribution in [2.45, 2.75) is 13.5 Å². The van der Waals surface area contributed by atoms with Crippen molar-refractivity contribution in [1.29, 1.82) is 0 Å². The first-order chi connectivity index (χ1) is 7.34. The van der Waals surface area contributed by atoms with Gasteiger partial charge in [0.15, 0.2) is 0 Å². The van der Waals surface area contributed by atoms with Gasteiger partial charge in [0.25, 0.3) is 0 Å². The second-order valence-electron chi connectivity index (χ2n) is 3.95. The van der Waals surface area contributed by atoms with Crippen molar-refractivity contribution in [2.75, 3.05) is 0 Å². The maximum Gasteiger partial charge on any atom is 0.127 e. The molecule has 0 aromatic heterocycles. The third-order valence-electron chi connectivity index (χ3n) is 2.83. The lowest BCUT2D eigenvalue weighted by molar-refractivity contribution is 0.302. The molecule has 1 nitrogen and oxygen atoms in total. The van der Waals surface area contributed by atoms with Gasteiger partial charge < -0.3 is 4.74 Å². The first kappa shape index (κ1) is 8.54. The Kier molecular flexibility index (Phi) is 1.78. The third-order valence-corrected chi connectivity index (χ3v) is 2.83. The lowest BCUT2D eigenvalue weighted by atomic mass is 9.96. The number of hydrogen-bond donors (Lipinski definition) is 0. The Morgan fingerprint density at radius 1 is 1.00 bits per heavy atom. The van der Waals surface area contributed by atoms with Crippen molar-refractivity contribution in [3.63, 3.8) is 0 Å². The van der Waals surface area contributed by atoms with Crippen LogP contribution in [0.4, 0.5) is 0 Å². The molecule has 0 radical (unpaired) electrons. The molecular formula is C14H12O. The van der Waals surface area contributed by atoms with E-state index in [0.717, 1.165) is 5.75 Å². The van der Waals surface area contributed by atoms with Gasteiger partial charge in [0.05, 0.1) is 0 Å². The largest absolute Gasteiger partial charge is 0.488 e. The van der Waals surface area contributed by atoms with Crippen molar-refractivity contribution in [3.8, 4) is 16.9 Å². The van der Waals surface area contributed by atoms with Crippen LogP contribution in [0.25, 0.3) is 11.1 Å². The molecule has 2 aromatic carbocycles. The van der Waals surface area contributed by atoms with Crippen LogP contribution < -0.4 is 4.74 Å². The fourth-order valence-electron chi connectivity index (χ4n) is 2.04. The van der Waals surface area contributed by atoms with Crippen LogP contribution in [0.5, 0.6) is 5.75 Å². The van der Waals surface area contributed by atoms with E-state index in [1.165, 1.54) is 22.3 Å². The lowest BCUT2D eigenvalue weighted by Crippen LogP contribution is -2.05. The van der Waals surface area contributed by atoms with Gasteiger partial charge in [0.1, 0.15) is 12.4 Å². The van der Waals surface area contributed by atoms with E-state index in [0.29, 0.717) is 6.61 Å². The first-order valence-electron chi connectivity index (χ1n) is 5.16. The second-order valence-corrected chi connectivity index (χ2v) is 3.95. The predicted molar refractivity (Wildman–Crippen MR) is 60.9 cm³/mol. The summed E-state index contributed by atoms with van der Waals surface area (Å²) in [6.45, 7) is 2.80. The highest BCUT2D eigenvalue weighted by molar-refractivity contribution is 5.75. The van der Waals surface area contributed by atoms with Gasteiger partial charge in [-0.15, -0.1) is 0 Å². The van der Waals surface area contributed by atoms with Gasteiger partial charge in [-0.05, 0) is 30.2 Å². The summed E-state index contributed by atoms with van der Waals surface area (Å²) in [5.41, 5.74) is 5.07. The summed E-state index contributed by atoms with van der Waals surface area (Å²) in [7, 11) is 0. The number of ether oxygens (including phenoxy) is 1. The van der Waals surface area contributed by atoms with E-state index in [9.17, 15) is 0 Å². The van der Waals surface area contributed by atoms with Crippen molar-refractivity contribution in [3.05, 3.63) is 53.6 Å². The van der Waals surface area contributed by atoms with Crippen molar-refractivity contribution in [2.24, 2.45) is 0 Å². The number of benzene rings is 2. The van der Waals surface area contributed by atoms with Crippen molar-refractivity contribution >= 4 is 0 Å². The Morgan fingerprint density at radius 3 is 2.80 bits per heavy atom. The molecule has 74 valence electrons. The molecule has 0 amide bonds. The normalized spacial score (nSPS) is 12.6. The zero-order valence-corrected chi connectivity index (χ0v) is 8.66. The molecule has 0 unspecified atom stereocenters. The van der Waals surface area contributed by atoms with Crippen LogP contribution in [0.3, 0.4) is 0 Å². The summed E-state index contributed by atoms with van der Waals surface area (Å²) < 4.78 is 5.70. The topological polar surface area (TPSA) is 9.23 Å². The van der Waals surface area contributed by atoms with Crippen LogP contribution >= 0.6 is 0 Å². The summed E-state index contributed by atoms with van der Waals surface area (Å²) in [6.07, 6.45) is 0. The first-order valence-corrected chi connectivity index (χ1v) is 5.16. The maximum atomic E-state index is 5.70. The Balaban J connectivity index is 2.28. The molecule has 3 rings (SSSR count). The molecule has 15 heavy (non-hydrogen) atoms. The molecule has 0 N–H and O–H groups in total. The number of hydrogen-bond acceptors (Lipinski definition) is 1. The van der Waals surface area contributed by atoms with E-state index in [4.69, 9.17) is 4.74 Å². The molecular weight excluding hydrogens is 184 g/mol. The average molecular weight is 196 g/mol. The van der Waals surface area contributed by atoms with Crippen LogP contribution in [0.2, 0.25) is 0 Å². The minimum Gasteiger partial charge on any atom is -0.488 e. The Labute approximate surface area is 89.3 Å². The molecule has 2 aromatic rings. The van der Waals surface area contributed by atoms with Gasteiger partial charge in [-0.3, -0.25) is 0 Å². The summed E-state index contributed by atoms with van der Waals surface area (Å²) in [5, 5.41) is 0. The van der Waals surface area contributed by atoms with Crippen LogP contribution in [0, 0.1) is 6.92 Å². The van der Waals surface area contributed by atoms with Crippen LogP contribution in [0.15, 0.2) is 42.5 Å². The third kappa shape index (κ3) is 1.32. The van der Waals surface area contributed by atoms with Gasteiger partial charge in [-0.2, -0.15) is 0 Å². The van der Waals surface area contributed by atoms with E-state index in [2.05, 4.69) is 49.4 Å². The van der Waals surface area contributed by atoms with Gasteiger partial charge >= 0.3 is 0 Å². The van der Waals surface area contributed by atoms with E-state index < -0.39 is 0 Å². The molecule has 1 aliphatic rings. The van der Waals surface area contributed by atoms with Crippen molar-refractivity contribution < 1.29 is 4.74 Å². The fraction of sp³-hybridized carbons (Fsp3) is 0.143. The molecule has 0 atom stereocenters. The molecule has 0 spiro atoms. The minimum absolute atomic E-state index is 0.687. The summed E-state index contributed by atoms with van der Waals surface area (Å²) in [4.78, 5) is 0. The summed E-state index contributed by atoms with van der Waals surface area (Å²) in [6, 6.07) is 14.8. The van der Waals surface area contributed by atoms with E-state index in [1.54, 1.807) is 0 Å². The maximum absolute atomic E-state index is 5.70. The van der Waals surface area contributed by atoms with Crippen LogP contribution in [-0.2, 0) is 6.61 Å². The van der Waals surface area contributed by atoms with Gasteiger partial charge in [0.2, 0.25) is 0 Å². The van der Waals surface area contributed by atoms with E-state index in [-0.39, 0.29) is 0 Å². The number of aryl methyl sites for hydroxylation is 1. The zero-order valence-electron chi connectivity index (χ0n) is 8.66. The SMILES string of the molecule is Cc1ccc2c(c1)-c1ccccc1CO2. The van der Waals surface area contributed by atoms with Crippen LogP contribution in [-0.4, -0.2) is 0 Å². The van der Waals surface area contributed by atoms with E-state index in [1.807, 2.05) is 0 Å². The average Bonchev–Trinajstić information content (AvgIpc) is 2.29. The smallest absolute Gasteiger partial charge is 0.127 e. The highest BCUT2D eigenvalue weighted by Gasteiger charge is 2.15. The van der Waals surface area contributed by atoms with Gasteiger partial charge in [-0.1, -0.05) is 35.9 Å². The molecule has 1 aliphatic heterocycles. The lowest BCUT2D eigenvalue weighted by Gasteiger charge is -2.20. The summed E-state index contributed by atoms with van der Waals surface area (Å²) >= 11 is 0. The number of fused-ring (bicyclic) bond motifs is 3. The molecule has 0 bridgehead atoms. The Bertz CT molecular complexity index is 514. The Morgan fingerprint density at radius 2 is 1.87 bits per heavy atom. The molecule has 0 saturated carbocycles. The highest BCUT2D eigenvalue weighted by Crippen LogP contribution is 2.37. The molecule has 1 heteroatoms. The second kappa shape index (κ2) is 3.13. The fourth-order valence-corrected chi connectivity index (χ4v) is 2.04. The van der Waals surface area contributed by atoms with Crippen molar-refractivity contribution in [1.82, 2.24) is 0 Å². The van der Waals surface area contributed by atoms with Crippen LogP contribution in [0.1, 0.15) is 11.1 Å². The molecule has 0 saturated heterocycles. The predicted octanol–water partition coefficient (Wildman–Crippen LogP) is 3.55. The molecule has 1 heterocycles. The van der Waals surface area contributed by atoms with E-state index >= 15 is 0 Å². The minimum atomic E-state index is 0.687. The van der Waals surface area contributed by atoms with Gasteiger partial charge in [-0.25, -0.2) is 0 Å². The number of rotatable bonds is 0. The summed E-state index contributed by atoms with van der Waals surface area (Å²) in [5.74, 6) is 0.999. The quantitative estimate of drug-likeness (QED) is 0.626. The zero-order chi connectivity index (χ0) is 10.3. The van der Waals surface area contributed by atoms with Gasteiger partial charge in [0, 0.05) is 5.56 Å². The highest BCUT2D eigenvalue weighted by atomic mass is 16.5. The molecule has 0 fully saturated rings. The Hall–Kier alpha value is -1.76. The standard InChI is InChI=1S/C14H12O/c1-10-6-7-14-13(8-10)12-5-3-2-4-11(12)9-15-14/h2-8H,9H2,1H3.